The van der Waals surface area contributed by atoms with Crippen molar-refractivity contribution in [2.45, 2.75) is 51.4 Å². The second-order valence-corrected chi connectivity index (χ2v) is 8.93. The molecular formula is C23H26N4S. The van der Waals surface area contributed by atoms with E-state index in [-0.39, 0.29) is 12.1 Å². The van der Waals surface area contributed by atoms with E-state index in [9.17, 15) is 0 Å². The Bertz CT molecular complexity index is 1020. The Balaban J connectivity index is 1.71. The highest BCUT2D eigenvalue weighted by molar-refractivity contribution is 8.14. The lowest BCUT2D eigenvalue weighted by atomic mass is 9.95. The molecule has 0 unspecified atom stereocenters. The number of hydrogen-bond donors (Lipinski definition) is 0. The van der Waals surface area contributed by atoms with Crippen molar-refractivity contribution in [2.75, 3.05) is 5.75 Å². The van der Waals surface area contributed by atoms with E-state index in [0.717, 1.165) is 17.9 Å². The van der Waals surface area contributed by atoms with E-state index in [4.69, 9.17) is 4.99 Å². The Hall–Kier alpha value is -2.27. The minimum atomic E-state index is 0.0458. The molecular weight excluding hydrogens is 364 g/mol. The molecule has 4 heterocycles. The third-order valence-electron chi connectivity index (χ3n) is 5.98. The smallest absolute Gasteiger partial charge is 0.160 e. The van der Waals surface area contributed by atoms with Gasteiger partial charge in [0.1, 0.15) is 6.04 Å². The van der Waals surface area contributed by atoms with Crippen molar-refractivity contribution in [3.8, 4) is 0 Å². The zero-order chi connectivity index (χ0) is 19.3. The molecule has 5 rings (SSSR count). The van der Waals surface area contributed by atoms with Crippen LogP contribution >= 0.6 is 11.8 Å². The van der Waals surface area contributed by atoms with Crippen LogP contribution in [0.2, 0.25) is 0 Å². The van der Waals surface area contributed by atoms with Crippen molar-refractivity contribution in [3.05, 3.63) is 66.1 Å². The molecule has 2 aliphatic heterocycles. The second-order valence-electron chi connectivity index (χ2n) is 7.94. The van der Waals surface area contributed by atoms with E-state index >= 15 is 0 Å². The summed E-state index contributed by atoms with van der Waals surface area (Å²) in [6, 6.07) is 16.2. The number of benzene rings is 1. The Morgan fingerprint density at radius 2 is 1.96 bits per heavy atom. The number of para-hydroxylation sites is 1. The van der Waals surface area contributed by atoms with Crippen molar-refractivity contribution in [2.24, 2.45) is 4.99 Å². The molecule has 2 aromatic heterocycles. The molecule has 1 saturated heterocycles. The molecule has 5 heteroatoms. The number of amidine groups is 1. The molecule has 0 N–H and O–H groups in total. The van der Waals surface area contributed by atoms with Gasteiger partial charge in [-0.15, -0.1) is 0 Å². The van der Waals surface area contributed by atoms with Crippen LogP contribution in [0.5, 0.6) is 0 Å². The van der Waals surface area contributed by atoms with E-state index < -0.39 is 0 Å². The average molecular weight is 391 g/mol. The maximum atomic E-state index is 5.17. The molecule has 28 heavy (non-hydrogen) atoms. The van der Waals surface area contributed by atoms with Gasteiger partial charge in [-0.1, -0.05) is 43.0 Å². The van der Waals surface area contributed by atoms with Gasteiger partial charge in [-0.3, -0.25) is 9.98 Å². The summed E-state index contributed by atoms with van der Waals surface area (Å²) in [5.74, 6) is 1.13. The average Bonchev–Trinajstić information content (AvgIpc) is 3.39. The van der Waals surface area contributed by atoms with Crippen LogP contribution in [0.4, 0.5) is 0 Å². The van der Waals surface area contributed by atoms with Crippen LogP contribution in [0.15, 0.2) is 59.9 Å². The Morgan fingerprint density at radius 3 is 2.71 bits per heavy atom. The third kappa shape index (κ3) is 2.67. The summed E-state index contributed by atoms with van der Waals surface area (Å²) in [5, 5.41) is 2.53. The van der Waals surface area contributed by atoms with E-state index in [0.29, 0.717) is 12.1 Å². The van der Waals surface area contributed by atoms with Crippen LogP contribution in [0.25, 0.3) is 10.9 Å². The summed E-state index contributed by atoms with van der Waals surface area (Å²) in [4.78, 5) is 12.4. The van der Waals surface area contributed by atoms with Crippen molar-refractivity contribution >= 4 is 27.8 Å². The molecule has 0 aliphatic carbocycles. The van der Waals surface area contributed by atoms with Gasteiger partial charge in [0.2, 0.25) is 0 Å². The van der Waals surface area contributed by atoms with Crippen LogP contribution < -0.4 is 0 Å². The summed E-state index contributed by atoms with van der Waals surface area (Å²) >= 11 is 1.90. The maximum Gasteiger partial charge on any atom is 0.160 e. The van der Waals surface area contributed by atoms with Crippen LogP contribution in [0.1, 0.15) is 56.6 Å². The fourth-order valence-electron chi connectivity index (χ4n) is 4.58. The molecule has 1 fully saturated rings. The van der Waals surface area contributed by atoms with E-state index in [2.05, 4.69) is 77.8 Å². The molecule has 0 amide bonds. The zero-order valence-electron chi connectivity index (χ0n) is 16.6. The number of hydrogen-bond acceptors (Lipinski definition) is 4. The normalized spacial score (nSPS) is 24.2. The van der Waals surface area contributed by atoms with Crippen LogP contribution in [-0.2, 0) is 0 Å². The topological polar surface area (TPSA) is 33.4 Å². The molecule has 0 saturated carbocycles. The lowest BCUT2D eigenvalue weighted by Gasteiger charge is -2.31. The molecule has 3 aromatic rings. The number of aliphatic imine (C=N–C) groups is 1. The number of nitrogens with zero attached hydrogens (tertiary/aromatic N) is 4. The van der Waals surface area contributed by atoms with Gasteiger partial charge >= 0.3 is 0 Å². The molecule has 2 aliphatic rings. The highest BCUT2D eigenvalue weighted by Gasteiger charge is 2.46. The maximum absolute atomic E-state index is 5.17. The van der Waals surface area contributed by atoms with Crippen molar-refractivity contribution < 1.29 is 0 Å². The monoisotopic (exact) mass is 390 g/mol. The predicted molar refractivity (Wildman–Crippen MR) is 118 cm³/mol. The van der Waals surface area contributed by atoms with E-state index in [1.807, 2.05) is 24.0 Å². The largest absolute Gasteiger partial charge is 0.345 e. The molecule has 0 bridgehead atoms. The molecule has 3 atom stereocenters. The van der Waals surface area contributed by atoms with Gasteiger partial charge in [-0.25, -0.2) is 0 Å². The van der Waals surface area contributed by atoms with Crippen LogP contribution in [-0.4, -0.2) is 31.4 Å². The first kappa shape index (κ1) is 17.8. The number of thioether (sulfide) groups is 1. The van der Waals surface area contributed by atoms with Crippen LogP contribution in [0.3, 0.4) is 0 Å². The van der Waals surface area contributed by atoms with Crippen molar-refractivity contribution in [1.29, 1.82) is 0 Å². The zero-order valence-corrected chi connectivity index (χ0v) is 17.4. The Labute approximate surface area is 170 Å². The molecule has 0 radical (unpaired) electrons. The van der Waals surface area contributed by atoms with Crippen molar-refractivity contribution in [3.63, 3.8) is 0 Å². The molecule has 0 spiro atoms. The second kappa shape index (κ2) is 6.96. The highest BCUT2D eigenvalue weighted by Crippen LogP contribution is 2.50. The van der Waals surface area contributed by atoms with Crippen LogP contribution in [0, 0.1) is 0 Å². The summed E-state index contributed by atoms with van der Waals surface area (Å²) in [6.45, 7) is 6.80. The predicted octanol–water partition coefficient (Wildman–Crippen LogP) is 5.60. The molecule has 144 valence electrons. The number of aromatic nitrogens is 2. The minimum Gasteiger partial charge on any atom is -0.345 e. The fraction of sp³-hybridized carbons (Fsp3) is 0.391. The van der Waals surface area contributed by atoms with E-state index in [1.54, 1.807) is 0 Å². The number of pyridine rings is 1. The molecule has 4 nitrogen and oxygen atoms in total. The van der Waals surface area contributed by atoms with Gasteiger partial charge < -0.3 is 9.47 Å². The standard InChI is InChI=1S/C23H26N4S/c1-4-16-14-28-23-25-21(19-10-7-8-12-24-19)22(27(16)23)18-13-26(15(2)3)20-11-6-5-9-17(18)20/h5-13,15-16,21-22H,4,14H2,1-3H3/t16-,21+,22+/m1/s1. The number of fused-ring (bicyclic) bond motifs is 2. The van der Waals surface area contributed by atoms with Gasteiger partial charge in [-0.05, 0) is 38.5 Å². The Kier molecular flexibility index (Phi) is 4.43. The lowest BCUT2D eigenvalue weighted by molar-refractivity contribution is 0.256. The highest BCUT2D eigenvalue weighted by atomic mass is 32.2. The number of rotatable bonds is 4. The minimum absolute atomic E-state index is 0.0458. The van der Waals surface area contributed by atoms with E-state index in [1.165, 1.54) is 21.6 Å². The third-order valence-corrected chi connectivity index (χ3v) is 7.10. The van der Waals surface area contributed by atoms with Gasteiger partial charge in [0.05, 0.1) is 11.7 Å². The van der Waals surface area contributed by atoms with Gasteiger partial charge in [0.15, 0.2) is 5.17 Å². The Morgan fingerprint density at radius 1 is 1.14 bits per heavy atom. The van der Waals surface area contributed by atoms with Gasteiger partial charge in [-0.2, -0.15) is 0 Å². The summed E-state index contributed by atoms with van der Waals surface area (Å²) in [7, 11) is 0. The van der Waals surface area contributed by atoms with Gasteiger partial charge in [0.25, 0.3) is 0 Å². The first-order chi connectivity index (χ1) is 13.7. The first-order valence-electron chi connectivity index (χ1n) is 10.2. The summed E-state index contributed by atoms with van der Waals surface area (Å²) in [6.07, 6.45) is 5.39. The molecule has 1 aromatic carbocycles. The fourth-order valence-corrected chi connectivity index (χ4v) is 5.92. The van der Waals surface area contributed by atoms with Crippen molar-refractivity contribution in [1.82, 2.24) is 14.5 Å². The summed E-state index contributed by atoms with van der Waals surface area (Å²) < 4.78 is 2.41. The first-order valence-corrected chi connectivity index (χ1v) is 11.2. The quantitative estimate of drug-likeness (QED) is 0.582. The lowest BCUT2D eigenvalue weighted by Crippen LogP contribution is -2.35. The summed E-state index contributed by atoms with van der Waals surface area (Å²) in [5.41, 5.74) is 3.74. The van der Waals surface area contributed by atoms with Gasteiger partial charge in [0, 0.05) is 46.7 Å². The SMILES string of the molecule is CC[C@@H]1CSC2=N[C@@H](c3ccccn3)[C@H](c3cn(C(C)C)c4ccccc34)N21.